The Morgan fingerprint density at radius 2 is 1.27 bits per heavy atom. The standard InChI is InChI=1S/C52H45BN2/c1-30-26-42-45-43(27-30)55-48-39(50(5)24-13-14-25-51(50,55)6)28-31(49(2,3)4)29-41(48)53(45)40-23-15-19-35-44-47(54(42)46(35)40)34-18-9-12-22-38(34)52(44)36-20-10-7-16-32(36)33-17-8-11-21-37(33)52/h7-12,15-23,26-29H,13-14,24-25H2,1-6H3. The number of fused-ring (bicyclic) bond motifs is 19. The number of benzene rings is 6. The maximum absolute atomic E-state index is 2.89. The van der Waals surface area contributed by atoms with Crippen LogP contribution in [0.2, 0.25) is 0 Å². The summed E-state index contributed by atoms with van der Waals surface area (Å²) in [6.07, 6.45) is 5.04. The summed E-state index contributed by atoms with van der Waals surface area (Å²) in [7, 11) is 0. The molecule has 0 N–H and O–H groups in total. The molecule has 4 heterocycles. The van der Waals surface area contributed by atoms with E-state index in [0.29, 0.717) is 0 Å². The number of hydrogen-bond acceptors (Lipinski definition) is 1. The van der Waals surface area contributed by atoms with Crippen LogP contribution in [0.1, 0.15) is 99.2 Å². The summed E-state index contributed by atoms with van der Waals surface area (Å²) in [4.78, 5) is 2.89. The molecule has 1 fully saturated rings. The molecule has 0 radical (unpaired) electrons. The Kier molecular flexibility index (Phi) is 5.39. The molecule has 6 aliphatic rings. The van der Waals surface area contributed by atoms with Gasteiger partial charge in [0.2, 0.25) is 0 Å². The maximum Gasteiger partial charge on any atom is 0.252 e. The molecule has 3 aliphatic heterocycles. The summed E-state index contributed by atoms with van der Waals surface area (Å²) in [6, 6.07) is 45.5. The predicted molar refractivity (Wildman–Crippen MR) is 230 cm³/mol. The summed E-state index contributed by atoms with van der Waals surface area (Å²) in [5, 5.41) is 1.39. The average molecular weight is 709 g/mol. The van der Waals surface area contributed by atoms with Crippen molar-refractivity contribution in [1.82, 2.24) is 4.57 Å². The van der Waals surface area contributed by atoms with Crippen LogP contribution in [0.3, 0.4) is 0 Å². The van der Waals surface area contributed by atoms with E-state index in [4.69, 9.17) is 0 Å². The second kappa shape index (κ2) is 9.56. The molecule has 266 valence electrons. The van der Waals surface area contributed by atoms with Crippen molar-refractivity contribution in [1.29, 1.82) is 0 Å². The minimum Gasteiger partial charge on any atom is -0.335 e. The topological polar surface area (TPSA) is 8.17 Å². The molecule has 0 amide bonds. The summed E-state index contributed by atoms with van der Waals surface area (Å²) in [5.74, 6) is 0. The minimum atomic E-state index is -0.395. The fourth-order valence-electron chi connectivity index (χ4n) is 13.2. The number of anilines is 2. The van der Waals surface area contributed by atoms with Crippen LogP contribution in [-0.2, 0) is 16.2 Å². The Morgan fingerprint density at radius 3 is 1.98 bits per heavy atom. The second-order valence-electron chi connectivity index (χ2n) is 19.2. The zero-order chi connectivity index (χ0) is 37.0. The molecular formula is C52H45BN2. The molecule has 3 aliphatic carbocycles. The van der Waals surface area contributed by atoms with Crippen molar-refractivity contribution < 1.29 is 0 Å². The van der Waals surface area contributed by atoms with E-state index in [9.17, 15) is 0 Å². The van der Waals surface area contributed by atoms with Crippen molar-refractivity contribution in [2.75, 3.05) is 4.90 Å². The van der Waals surface area contributed by atoms with Crippen molar-refractivity contribution in [3.8, 4) is 28.1 Å². The van der Waals surface area contributed by atoms with Gasteiger partial charge in [0.1, 0.15) is 0 Å². The molecule has 13 rings (SSSR count). The van der Waals surface area contributed by atoms with Crippen LogP contribution in [0.4, 0.5) is 11.4 Å². The fraction of sp³-hybridized carbons (Fsp3) is 0.269. The molecule has 0 bridgehead atoms. The van der Waals surface area contributed by atoms with Crippen molar-refractivity contribution in [2.24, 2.45) is 0 Å². The fourth-order valence-corrected chi connectivity index (χ4v) is 13.2. The Balaban J connectivity index is 1.22. The normalized spacial score (nSPS) is 22.3. The summed E-state index contributed by atoms with van der Waals surface area (Å²) in [5.41, 5.74) is 25.5. The van der Waals surface area contributed by atoms with Gasteiger partial charge < -0.3 is 9.47 Å². The lowest BCUT2D eigenvalue weighted by Gasteiger charge is -2.52. The van der Waals surface area contributed by atoms with E-state index in [0.717, 1.165) is 0 Å². The third-order valence-electron chi connectivity index (χ3n) is 15.7. The summed E-state index contributed by atoms with van der Waals surface area (Å²) >= 11 is 0. The van der Waals surface area contributed by atoms with Gasteiger partial charge in [-0.05, 0) is 105 Å². The van der Waals surface area contributed by atoms with Gasteiger partial charge in [-0.1, -0.05) is 144 Å². The highest BCUT2D eigenvalue weighted by molar-refractivity contribution is 7.00. The van der Waals surface area contributed by atoms with Crippen molar-refractivity contribution >= 4 is 45.4 Å². The predicted octanol–water partition coefficient (Wildman–Crippen LogP) is 10.5. The van der Waals surface area contributed by atoms with Gasteiger partial charge in [-0.15, -0.1) is 0 Å². The lowest BCUT2D eigenvalue weighted by Crippen LogP contribution is -2.64. The lowest BCUT2D eigenvalue weighted by molar-refractivity contribution is 0.195. The van der Waals surface area contributed by atoms with Gasteiger partial charge >= 0.3 is 0 Å². The Labute approximate surface area is 324 Å². The van der Waals surface area contributed by atoms with Gasteiger partial charge in [-0.3, -0.25) is 0 Å². The number of aromatic nitrogens is 1. The first kappa shape index (κ1) is 31.0. The van der Waals surface area contributed by atoms with Gasteiger partial charge in [0.05, 0.1) is 16.6 Å². The van der Waals surface area contributed by atoms with Crippen LogP contribution < -0.4 is 21.3 Å². The SMILES string of the molecule is Cc1cc2c3c(c1)-n1c4c(c5cccc(c51)B3c1cc(C(C)(C)C)cc3c1N2C1(C)CCCCC31C)C1(c2ccccc2-c2ccccc21)c1ccccc1-4. The highest BCUT2D eigenvalue weighted by atomic mass is 15.3. The van der Waals surface area contributed by atoms with Gasteiger partial charge in [0.25, 0.3) is 6.71 Å². The van der Waals surface area contributed by atoms with Gasteiger partial charge in [-0.25, -0.2) is 0 Å². The molecule has 2 nitrogen and oxygen atoms in total. The number of hydrogen-bond donors (Lipinski definition) is 0. The van der Waals surface area contributed by atoms with E-state index in [1.165, 1.54) is 126 Å². The molecule has 1 spiro atoms. The molecule has 3 heteroatoms. The first-order valence-electron chi connectivity index (χ1n) is 20.7. The number of para-hydroxylation sites is 1. The van der Waals surface area contributed by atoms with Crippen molar-refractivity contribution in [2.45, 2.75) is 89.0 Å². The zero-order valence-electron chi connectivity index (χ0n) is 32.8. The van der Waals surface area contributed by atoms with E-state index in [2.05, 4.69) is 166 Å². The van der Waals surface area contributed by atoms with Crippen LogP contribution in [0.25, 0.3) is 39.0 Å². The highest BCUT2D eigenvalue weighted by Gasteiger charge is 2.62. The minimum absolute atomic E-state index is 0.00419. The lowest BCUT2D eigenvalue weighted by atomic mass is 9.33. The first-order chi connectivity index (χ1) is 26.6. The summed E-state index contributed by atoms with van der Waals surface area (Å²) in [6.45, 7) is 14.9. The molecule has 2 atom stereocenters. The van der Waals surface area contributed by atoms with E-state index in [1.54, 1.807) is 5.56 Å². The zero-order valence-corrected chi connectivity index (χ0v) is 32.8. The largest absolute Gasteiger partial charge is 0.335 e. The Bertz CT molecular complexity index is 2890. The number of aryl methyl sites for hydroxylation is 1. The van der Waals surface area contributed by atoms with Gasteiger partial charge in [-0.2, -0.15) is 0 Å². The average Bonchev–Trinajstić information content (AvgIpc) is 3.85. The number of nitrogens with zero attached hydrogens (tertiary/aromatic N) is 2. The highest BCUT2D eigenvalue weighted by Crippen LogP contribution is 2.66. The van der Waals surface area contributed by atoms with E-state index >= 15 is 0 Å². The smallest absolute Gasteiger partial charge is 0.252 e. The monoisotopic (exact) mass is 708 g/mol. The molecule has 1 aromatic heterocycles. The molecule has 55 heavy (non-hydrogen) atoms. The van der Waals surface area contributed by atoms with Crippen molar-refractivity contribution in [3.63, 3.8) is 0 Å². The van der Waals surface area contributed by atoms with Crippen LogP contribution in [0.5, 0.6) is 0 Å². The van der Waals surface area contributed by atoms with E-state index in [-0.39, 0.29) is 23.1 Å². The van der Waals surface area contributed by atoms with Crippen molar-refractivity contribution in [3.05, 3.63) is 154 Å². The number of rotatable bonds is 0. The molecule has 2 unspecified atom stereocenters. The Hall–Kier alpha value is -5.28. The van der Waals surface area contributed by atoms with Crippen LogP contribution in [0.15, 0.2) is 115 Å². The van der Waals surface area contributed by atoms with Crippen LogP contribution in [0, 0.1) is 6.92 Å². The first-order valence-corrected chi connectivity index (χ1v) is 20.7. The van der Waals surface area contributed by atoms with Gasteiger partial charge in [0, 0.05) is 44.5 Å². The quantitative estimate of drug-likeness (QED) is 0.142. The van der Waals surface area contributed by atoms with E-state index < -0.39 is 5.41 Å². The molecular weight excluding hydrogens is 663 g/mol. The van der Waals surface area contributed by atoms with Crippen LogP contribution in [-0.4, -0.2) is 16.8 Å². The third kappa shape index (κ3) is 3.22. The molecule has 1 saturated carbocycles. The molecule has 6 aromatic carbocycles. The third-order valence-corrected chi connectivity index (χ3v) is 15.7. The molecule has 7 aromatic rings. The molecule has 0 saturated heterocycles. The summed E-state index contributed by atoms with van der Waals surface area (Å²) < 4.78 is 2.75. The maximum atomic E-state index is 2.89. The Morgan fingerprint density at radius 1 is 0.636 bits per heavy atom. The second-order valence-corrected chi connectivity index (χ2v) is 19.2. The van der Waals surface area contributed by atoms with E-state index in [1.807, 2.05) is 0 Å². The van der Waals surface area contributed by atoms with Crippen LogP contribution >= 0.6 is 0 Å². The van der Waals surface area contributed by atoms with Gasteiger partial charge in [0.15, 0.2) is 0 Å².